The zero-order valence-electron chi connectivity index (χ0n) is 12.5. The largest absolute Gasteiger partial charge is 0.481 e. The minimum Gasteiger partial charge on any atom is -0.481 e. The molecule has 0 aliphatic heterocycles. The third-order valence-corrected chi connectivity index (χ3v) is 3.33. The Balaban J connectivity index is 1.85. The molecule has 0 amide bonds. The second-order valence-electron chi connectivity index (χ2n) is 4.83. The molecule has 2 aromatic rings. The lowest BCUT2D eigenvalue weighted by Gasteiger charge is -2.10. The molecule has 1 aromatic carbocycles. The van der Waals surface area contributed by atoms with E-state index in [0.29, 0.717) is 0 Å². The fourth-order valence-corrected chi connectivity index (χ4v) is 2.21. The minimum atomic E-state index is 0.288. The van der Waals surface area contributed by atoms with Crippen LogP contribution in [0.3, 0.4) is 0 Å². The Kier molecular flexibility index (Phi) is 5.42. The molecule has 110 valence electrons. The van der Waals surface area contributed by atoms with Crippen LogP contribution in [0, 0.1) is 26.2 Å². The van der Waals surface area contributed by atoms with E-state index in [-0.39, 0.29) is 6.61 Å². The summed E-state index contributed by atoms with van der Waals surface area (Å²) < 4.78 is 10.7. The summed E-state index contributed by atoms with van der Waals surface area (Å²) in [6.07, 6.45) is 6.12. The first-order valence-corrected chi connectivity index (χ1v) is 6.99. The van der Waals surface area contributed by atoms with Gasteiger partial charge in [-0.2, -0.15) is 0 Å². The van der Waals surface area contributed by atoms with Crippen molar-refractivity contribution in [2.75, 3.05) is 13.2 Å². The van der Waals surface area contributed by atoms with Gasteiger partial charge in [-0.25, -0.2) is 0 Å². The molecule has 4 nitrogen and oxygen atoms in total. The maximum atomic E-state index is 5.53. The van der Waals surface area contributed by atoms with E-state index < -0.39 is 0 Å². The molecule has 1 aromatic heterocycles. The van der Waals surface area contributed by atoms with Gasteiger partial charge in [-0.3, -0.25) is 0 Å². The van der Waals surface area contributed by atoms with Crippen LogP contribution in [-0.2, 0) is 13.0 Å². The highest BCUT2D eigenvalue weighted by Crippen LogP contribution is 2.17. The van der Waals surface area contributed by atoms with Gasteiger partial charge in [-0.1, -0.05) is 29.3 Å². The number of terminal acetylenes is 1. The lowest BCUT2D eigenvalue weighted by Crippen LogP contribution is -2.17. The number of hydrogen-bond acceptors (Lipinski definition) is 4. The van der Waals surface area contributed by atoms with E-state index in [0.717, 1.165) is 42.3 Å². The minimum absolute atomic E-state index is 0.288. The molecule has 1 heterocycles. The lowest BCUT2D eigenvalue weighted by atomic mass is 10.1. The summed E-state index contributed by atoms with van der Waals surface area (Å²) in [6, 6.07) is 7.91. The van der Waals surface area contributed by atoms with Crippen LogP contribution >= 0.6 is 0 Å². The predicted octanol–water partition coefficient (Wildman–Crippen LogP) is 2.64. The Bertz CT molecular complexity index is 606. The van der Waals surface area contributed by atoms with Gasteiger partial charge in [0.25, 0.3) is 0 Å². The van der Waals surface area contributed by atoms with Gasteiger partial charge in [0.2, 0.25) is 0 Å². The molecule has 2 rings (SSSR count). The summed E-state index contributed by atoms with van der Waals surface area (Å²) in [6.45, 7) is 5.79. The first kappa shape index (κ1) is 15.1. The summed E-state index contributed by atoms with van der Waals surface area (Å²) in [5.74, 6) is 4.21. The topological polar surface area (TPSA) is 47.3 Å². The fourth-order valence-electron chi connectivity index (χ4n) is 2.21. The van der Waals surface area contributed by atoms with E-state index >= 15 is 0 Å². The van der Waals surface area contributed by atoms with Gasteiger partial charge in [0.05, 0.1) is 5.69 Å². The molecule has 0 aliphatic carbocycles. The van der Waals surface area contributed by atoms with Crippen LogP contribution in [0.25, 0.3) is 0 Å². The first-order valence-electron chi connectivity index (χ1n) is 6.99. The van der Waals surface area contributed by atoms with Gasteiger partial charge >= 0.3 is 0 Å². The van der Waals surface area contributed by atoms with E-state index in [4.69, 9.17) is 15.7 Å². The quantitative estimate of drug-likeness (QED) is 0.627. The third kappa shape index (κ3) is 4.11. The van der Waals surface area contributed by atoms with Crippen LogP contribution in [0.1, 0.15) is 22.6 Å². The molecular weight excluding hydrogens is 264 g/mol. The molecular formula is C17H20N2O2. The van der Waals surface area contributed by atoms with Gasteiger partial charge in [0, 0.05) is 17.7 Å². The van der Waals surface area contributed by atoms with E-state index in [9.17, 15) is 0 Å². The molecule has 1 N–H and O–H groups in total. The molecule has 0 spiro atoms. The van der Waals surface area contributed by atoms with E-state index in [1.54, 1.807) is 0 Å². The van der Waals surface area contributed by atoms with Crippen LogP contribution in [0.4, 0.5) is 0 Å². The average molecular weight is 284 g/mol. The number of aryl methyl sites for hydroxylation is 2. The summed E-state index contributed by atoms with van der Waals surface area (Å²) in [5, 5.41) is 7.37. The van der Waals surface area contributed by atoms with E-state index in [2.05, 4.69) is 16.4 Å². The number of para-hydroxylation sites is 1. The SMILES string of the molecule is C#CCOc1ccccc1CNCCc1c(C)noc1C. The number of hydrogen-bond donors (Lipinski definition) is 1. The second-order valence-corrected chi connectivity index (χ2v) is 4.83. The zero-order chi connectivity index (χ0) is 15.1. The van der Waals surface area contributed by atoms with E-state index in [1.807, 2.05) is 38.1 Å². The van der Waals surface area contributed by atoms with Crippen LogP contribution in [-0.4, -0.2) is 18.3 Å². The van der Waals surface area contributed by atoms with Gasteiger partial charge in [0.15, 0.2) is 0 Å². The third-order valence-electron chi connectivity index (χ3n) is 3.33. The van der Waals surface area contributed by atoms with Gasteiger partial charge in [-0.05, 0) is 32.9 Å². The highest BCUT2D eigenvalue weighted by molar-refractivity contribution is 5.33. The molecule has 4 heteroatoms. The van der Waals surface area contributed by atoms with Crippen LogP contribution in [0.2, 0.25) is 0 Å². The van der Waals surface area contributed by atoms with Crippen molar-refractivity contribution in [2.45, 2.75) is 26.8 Å². The van der Waals surface area contributed by atoms with Gasteiger partial charge < -0.3 is 14.6 Å². The smallest absolute Gasteiger partial charge is 0.148 e. The summed E-state index contributed by atoms with van der Waals surface area (Å²) in [7, 11) is 0. The van der Waals surface area contributed by atoms with Crippen molar-refractivity contribution in [1.29, 1.82) is 0 Å². The van der Waals surface area contributed by atoms with Crippen molar-refractivity contribution in [1.82, 2.24) is 10.5 Å². The Labute approximate surface area is 125 Å². The highest BCUT2D eigenvalue weighted by atomic mass is 16.5. The molecule has 0 saturated carbocycles. The first-order chi connectivity index (χ1) is 10.2. The highest BCUT2D eigenvalue weighted by Gasteiger charge is 2.08. The number of aromatic nitrogens is 1. The molecule has 21 heavy (non-hydrogen) atoms. The molecule has 0 bridgehead atoms. The molecule has 0 radical (unpaired) electrons. The van der Waals surface area contributed by atoms with Crippen molar-refractivity contribution >= 4 is 0 Å². The molecule has 0 saturated heterocycles. The van der Waals surface area contributed by atoms with Crippen molar-refractivity contribution in [3.63, 3.8) is 0 Å². The maximum Gasteiger partial charge on any atom is 0.148 e. The summed E-state index contributed by atoms with van der Waals surface area (Å²) in [5.41, 5.74) is 3.25. The molecule has 0 fully saturated rings. The zero-order valence-corrected chi connectivity index (χ0v) is 12.5. The van der Waals surface area contributed by atoms with Crippen molar-refractivity contribution in [3.05, 3.63) is 46.8 Å². The molecule has 0 unspecified atom stereocenters. The van der Waals surface area contributed by atoms with Crippen molar-refractivity contribution in [3.8, 4) is 18.1 Å². The van der Waals surface area contributed by atoms with Crippen LogP contribution < -0.4 is 10.1 Å². The monoisotopic (exact) mass is 284 g/mol. The Morgan fingerprint density at radius 3 is 2.86 bits per heavy atom. The summed E-state index contributed by atoms with van der Waals surface area (Å²) in [4.78, 5) is 0. The lowest BCUT2D eigenvalue weighted by molar-refractivity contribution is 0.365. The maximum absolute atomic E-state index is 5.53. The standard InChI is InChI=1S/C17H20N2O2/c1-4-11-20-17-8-6-5-7-15(17)12-18-10-9-16-13(2)19-21-14(16)3/h1,5-8,18H,9-12H2,2-3H3. The molecule has 0 aliphatic rings. The fraction of sp³-hybridized carbons (Fsp3) is 0.353. The van der Waals surface area contributed by atoms with Gasteiger partial charge in [0.1, 0.15) is 18.1 Å². The summed E-state index contributed by atoms with van der Waals surface area (Å²) >= 11 is 0. The number of rotatable bonds is 7. The Morgan fingerprint density at radius 2 is 2.14 bits per heavy atom. The predicted molar refractivity (Wildman–Crippen MR) is 82.2 cm³/mol. The number of nitrogens with one attached hydrogen (secondary N) is 1. The number of ether oxygens (including phenoxy) is 1. The Hall–Kier alpha value is -2.25. The average Bonchev–Trinajstić information content (AvgIpc) is 2.82. The number of nitrogens with zero attached hydrogens (tertiary/aromatic N) is 1. The Morgan fingerprint density at radius 1 is 1.33 bits per heavy atom. The normalized spacial score (nSPS) is 10.3. The number of benzene rings is 1. The molecule has 0 atom stereocenters. The van der Waals surface area contributed by atoms with Crippen LogP contribution in [0.15, 0.2) is 28.8 Å². The van der Waals surface area contributed by atoms with Crippen LogP contribution in [0.5, 0.6) is 5.75 Å². The van der Waals surface area contributed by atoms with Crippen molar-refractivity contribution in [2.24, 2.45) is 0 Å². The van der Waals surface area contributed by atoms with Gasteiger partial charge in [-0.15, -0.1) is 6.42 Å². The van der Waals surface area contributed by atoms with E-state index in [1.165, 1.54) is 5.56 Å². The second kappa shape index (κ2) is 7.51. The van der Waals surface area contributed by atoms with Crippen molar-refractivity contribution < 1.29 is 9.26 Å².